The van der Waals surface area contributed by atoms with Crippen LogP contribution in [0.4, 0.5) is 0 Å². The third-order valence-corrected chi connectivity index (χ3v) is 4.62. The largest absolute Gasteiger partial charge is 0.0802 e. The lowest BCUT2D eigenvalue weighted by Gasteiger charge is -2.15. The molecule has 2 aromatic carbocycles. The number of benzene rings is 2. The molecule has 0 radical (unpaired) electrons. The fourth-order valence-electron chi connectivity index (χ4n) is 3.57. The van der Waals surface area contributed by atoms with Gasteiger partial charge in [-0.15, -0.1) is 0 Å². The number of hydrogen-bond acceptors (Lipinski definition) is 0. The Morgan fingerprint density at radius 2 is 1.70 bits per heavy atom. The first-order valence-corrected chi connectivity index (χ1v) is 7.37. The quantitative estimate of drug-likeness (QED) is 0.672. The maximum absolute atomic E-state index is 2.36. The van der Waals surface area contributed by atoms with Gasteiger partial charge in [0.2, 0.25) is 0 Å². The highest BCUT2D eigenvalue weighted by atomic mass is 14.3. The molecule has 0 saturated heterocycles. The summed E-state index contributed by atoms with van der Waals surface area (Å²) in [5, 5.41) is 0. The van der Waals surface area contributed by atoms with E-state index in [4.69, 9.17) is 0 Å². The topological polar surface area (TPSA) is 0 Å². The zero-order chi connectivity index (χ0) is 13.5. The molecule has 4 rings (SSSR count). The molecule has 0 amide bonds. The second-order valence-electron chi connectivity index (χ2n) is 5.90. The Hall–Kier alpha value is -2.08. The van der Waals surface area contributed by atoms with E-state index in [1.54, 1.807) is 5.56 Å². The van der Waals surface area contributed by atoms with Crippen LogP contribution >= 0.6 is 0 Å². The summed E-state index contributed by atoms with van der Waals surface area (Å²) in [4.78, 5) is 0. The molecule has 0 heteroatoms. The predicted octanol–water partition coefficient (Wildman–Crippen LogP) is 5.04. The van der Waals surface area contributed by atoms with E-state index in [1.165, 1.54) is 28.7 Å². The summed E-state index contributed by atoms with van der Waals surface area (Å²) in [5.41, 5.74) is 7.15. The summed E-state index contributed by atoms with van der Waals surface area (Å²) in [7, 11) is 0. The van der Waals surface area contributed by atoms with Crippen LogP contribution in [0.1, 0.15) is 22.6 Å². The van der Waals surface area contributed by atoms with Crippen molar-refractivity contribution in [3.63, 3.8) is 0 Å². The normalized spacial score (nSPS) is 22.6. The summed E-state index contributed by atoms with van der Waals surface area (Å²) in [5.74, 6) is 1.24. The average Bonchev–Trinajstić information content (AvgIpc) is 2.87. The summed E-state index contributed by atoms with van der Waals surface area (Å²) in [6, 6.07) is 15.7. The van der Waals surface area contributed by atoms with Crippen LogP contribution < -0.4 is 0 Å². The van der Waals surface area contributed by atoms with Gasteiger partial charge in [-0.1, -0.05) is 72.3 Å². The fourth-order valence-corrected chi connectivity index (χ4v) is 3.57. The molecule has 0 N–H and O–H groups in total. The van der Waals surface area contributed by atoms with Gasteiger partial charge in [0.1, 0.15) is 0 Å². The number of allylic oxidation sites excluding steroid dienone is 4. The van der Waals surface area contributed by atoms with Crippen molar-refractivity contribution in [3.05, 3.63) is 83.5 Å². The maximum atomic E-state index is 2.36. The number of rotatable bonds is 1. The molecular formula is C20H18. The van der Waals surface area contributed by atoms with Crippen LogP contribution in [-0.2, 0) is 6.42 Å². The van der Waals surface area contributed by atoms with Gasteiger partial charge in [-0.2, -0.15) is 0 Å². The van der Waals surface area contributed by atoms with Crippen molar-refractivity contribution in [2.75, 3.05) is 0 Å². The van der Waals surface area contributed by atoms with E-state index in [2.05, 4.69) is 73.7 Å². The Morgan fingerprint density at radius 3 is 2.55 bits per heavy atom. The number of fused-ring (bicyclic) bond motifs is 3. The standard InChI is InChI=1S/C20H18/c1-14-9-11-15(12-10-14)17-7-4-8-19-18-6-3-2-5-16(18)13-20(17)19/h2-12,16,18H,13H2,1H3. The molecule has 0 spiro atoms. The minimum absolute atomic E-state index is 0.584. The SMILES string of the molecule is Cc1ccc(-c2cccc3c2CC2C=CC=CC32)cc1. The summed E-state index contributed by atoms with van der Waals surface area (Å²) in [6.45, 7) is 2.14. The Kier molecular flexibility index (Phi) is 2.63. The first-order chi connectivity index (χ1) is 9.83. The Morgan fingerprint density at radius 1 is 0.900 bits per heavy atom. The Labute approximate surface area is 120 Å². The molecule has 20 heavy (non-hydrogen) atoms. The lowest BCUT2D eigenvalue weighted by Crippen LogP contribution is -2.04. The third-order valence-electron chi connectivity index (χ3n) is 4.62. The van der Waals surface area contributed by atoms with E-state index in [9.17, 15) is 0 Å². The zero-order valence-corrected chi connectivity index (χ0v) is 11.7. The molecular weight excluding hydrogens is 240 g/mol. The minimum atomic E-state index is 0.584. The lowest BCUT2D eigenvalue weighted by molar-refractivity contribution is 0.630. The molecule has 0 heterocycles. The first-order valence-electron chi connectivity index (χ1n) is 7.37. The van der Waals surface area contributed by atoms with E-state index in [1.807, 2.05) is 0 Å². The maximum Gasteiger partial charge on any atom is 0.00901 e. The van der Waals surface area contributed by atoms with Crippen LogP contribution in [-0.4, -0.2) is 0 Å². The van der Waals surface area contributed by atoms with Crippen molar-refractivity contribution < 1.29 is 0 Å². The van der Waals surface area contributed by atoms with Crippen molar-refractivity contribution in [1.82, 2.24) is 0 Å². The molecule has 0 saturated carbocycles. The van der Waals surface area contributed by atoms with Crippen molar-refractivity contribution in [1.29, 1.82) is 0 Å². The van der Waals surface area contributed by atoms with E-state index in [0.717, 1.165) is 0 Å². The van der Waals surface area contributed by atoms with Gasteiger partial charge in [-0.25, -0.2) is 0 Å². The van der Waals surface area contributed by atoms with Gasteiger partial charge in [0.25, 0.3) is 0 Å². The second kappa shape index (κ2) is 4.49. The number of aryl methyl sites for hydroxylation is 1. The summed E-state index contributed by atoms with van der Waals surface area (Å²) in [6.07, 6.45) is 10.3. The van der Waals surface area contributed by atoms with E-state index in [0.29, 0.717) is 11.8 Å². The van der Waals surface area contributed by atoms with Crippen LogP contribution in [0.5, 0.6) is 0 Å². The highest BCUT2D eigenvalue weighted by molar-refractivity contribution is 5.71. The molecule has 0 nitrogen and oxygen atoms in total. The lowest BCUT2D eigenvalue weighted by atomic mass is 9.89. The van der Waals surface area contributed by atoms with Crippen molar-refractivity contribution >= 4 is 0 Å². The molecule has 98 valence electrons. The van der Waals surface area contributed by atoms with Gasteiger partial charge >= 0.3 is 0 Å². The second-order valence-corrected chi connectivity index (χ2v) is 5.90. The molecule has 2 aliphatic rings. The van der Waals surface area contributed by atoms with Gasteiger partial charge in [0.15, 0.2) is 0 Å². The van der Waals surface area contributed by atoms with Crippen molar-refractivity contribution in [3.8, 4) is 11.1 Å². The van der Waals surface area contributed by atoms with E-state index >= 15 is 0 Å². The van der Waals surface area contributed by atoms with Crippen LogP contribution in [0, 0.1) is 12.8 Å². The molecule has 0 bridgehead atoms. The molecule has 2 aromatic rings. The molecule has 2 aliphatic carbocycles. The van der Waals surface area contributed by atoms with Crippen LogP contribution in [0.3, 0.4) is 0 Å². The van der Waals surface area contributed by atoms with Gasteiger partial charge in [0.05, 0.1) is 0 Å². The monoisotopic (exact) mass is 258 g/mol. The molecule has 2 atom stereocenters. The highest BCUT2D eigenvalue weighted by Crippen LogP contribution is 2.44. The molecule has 2 unspecified atom stereocenters. The summed E-state index contributed by atoms with van der Waals surface area (Å²) < 4.78 is 0. The predicted molar refractivity (Wildman–Crippen MR) is 84.8 cm³/mol. The fraction of sp³-hybridized carbons (Fsp3) is 0.200. The third kappa shape index (κ3) is 1.76. The van der Waals surface area contributed by atoms with E-state index < -0.39 is 0 Å². The smallest absolute Gasteiger partial charge is 0.00901 e. The van der Waals surface area contributed by atoms with Gasteiger partial charge in [-0.3, -0.25) is 0 Å². The van der Waals surface area contributed by atoms with E-state index in [-0.39, 0.29) is 0 Å². The first kappa shape index (κ1) is 11.7. The molecule has 0 aromatic heterocycles. The Balaban J connectivity index is 1.85. The minimum Gasteiger partial charge on any atom is -0.0802 e. The molecule has 0 aliphatic heterocycles. The van der Waals surface area contributed by atoms with Crippen molar-refractivity contribution in [2.24, 2.45) is 5.92 Å². The number of hydrogen-bond donors (Lipinski definition) is 0. The Bertz CT molecular complexity index is 701. The van der Waals surface area contributed by atoms with Gasteiger partial charge in [0, 0.05) is 5.92 Å². The van der Waals surface area contributed by atoms with Gasteiger partial charge in [-0.05, 0) is 41.5 Å². The van der Waals surface area contributed by atoms with Crippen LogP contribution in [0.15, 0.2) is 66.8 Å². The van der Waals surface area contributed by atoms with Crippen molar-refractivity contribution in [2.45, 2.75) is 19.3 Å². The highest BCUT2D eigenvalue weighted by Gasteiger charge is 2.31. The van der Waals surface area contributed by atoms with Gasteiger partial charge < -0.3 is 0 Å². The molecule has 0 fully saturated rings. The zero-order valence-electron chi connectivity index (χ0n) is 11.7. The van der Waals surface area contributed by atoms with Crippen LogP contribution in [0.2, 0.25) is 0 Å². The van der Waals surface area contributed by atoms with Crippen LogP contribution in [0.25, 0.3) is 11.1 Å². The summed E-state index contributed by atoms with van der Waals surface area (Å²) >= 11 is 0. The average molecular weight is 258 g/mol.